The molecule has 0 aliphatic carbocycles. The number of aromatic nitrogens is 2. The average Bonchev–Trinajstić information content (AvgIpc) is 3.18. The van der Waals surface area contributed by atoms with E-state index in [4.69, 9.17) is 9.47 Å². The lowest BCUT2D eigenvalue weighted by Crippen LogP contribution is -2.21. The monoisotopic (exact) mass is 377 g/mol. The molecule has 3 aromatic rings. The third kappa shape index (κ3) is 3.93. The standard InChI is InChI=1S/C21H23N5O2/c1-3-26(4-2)17-8-5-15(6-9-17)23-20-11-12-22-21(25-20)24-16-7-10-18-19(13-16)28-14-27-18/h5-13H,3-4,14H2,1-2H3,(H2,22,23,24,25). The number of hydrogen-bond acceptors (Lipinski definition) is 7. The molecule has 2 aromatic carbocycles. The fourth-order valence-electron chi connectivity index (χ4n) is 3.08. The molecule has 0 amide bonds. The number of fused-ring (bicyclic) bond motifs is 1. The molecule has 0 radical (unpaired) electrons. The molecule has 0 fully saturated rings. The van der Waals surface area contributed by atoms with Gasteiger partial charge < -0.3 is 25.0 Å². The predicted octanol–water partition coefficient (Wildman–Crippen LogP) is 4.54. The number of hydrogen-bond donors (Lipinski definition) is 2. The fourth-order valence-corrected chi connectivity index (χ4v) is 3.08. The summed E-state index contributed by atoms with van der Waals surface area (Å²) in [6, 6.07) is 15.8. The lowest BCUT2D eigenvalue weighted by Gasteiger charge is -2.21. The van der Waals surface area contributed by atoms with E-state index >= 15 is 0 Å². The summed E-state index contributed by atoms with van der Waals surface area (Å²) in [6.45, 7) is 6.55. The summed E-state index contributed by atoms with van der Waals surface area (Å²) >= 11 is 0. The van der Waals surface area contributed by atoms with E-state index in [1.165, 1.54) is 5.69 Å². The first-order valence-electron chi connectivity index (χ1n) is 9.37. The van der Waals surface area contributed by atoms with Gasteiger partial charge in [-0.25, -0.2) is 4.98 Å². The molecular formula is C21H23N5O2. The molecule has 7 heteroatoms. The van der Waals surface area contributed by atoms with E-state index in [9.17, 15) is 0 Å². The quantitative estimate of drug-likeness (QED) is 0.626. The lowest BCUT2D eigenvalue weighted by molar-refractivity contribution is 0.174. The molecule has 0 bridgehead atoms. The van der Waals surface area contributed by atoms with Crippen LogP contribution in [0.5, 0.6) is 11.5 Å². The van der Waals surface area contributed by atoms with Crippen LogP contribution >= 0.6 is 0 Å². The number of benzene rings is 2. The van der Waals surface area contributed by atoms with Crippen LogP contribution in [-0.2, 0) is 0 Å². The van der Waals surface area contributed by atoms with Gasteiger partial charge in [0.1, 0.15) is 5.82 Å². The zero-order chi connectivity index (χ0) is 19.3. The molecule has 7 nitrogen and oxygen atoms in total. The predicted molar refractivity (Wildman–Crippen MR) is 111 cm³/mol. The van der Waals surface area contributed by atoms with Crippen molar-refractivity contribution in [1.82, 2.24) is 9.97 Å². The number of nitrogens with zero attached hydrogens (tertiary/aromatic N) is 3. The van der Waals surface area contributed by atoms with E-state index in [-0.39, 0.29) is 6.79 Å². The highest BCUT2D eigenvalue weighted by atomic mass is 16.7. The zero-order valence-corrected chi connectivity index (χ0v) is 16.0. The van der Waals surface area contributed by atoms with E-state index < -0.39 is 0 Å². The topological polar surface area (TPSA) is 71.5 Å². The van der Waals surface area contributed by atoms with Crippen molar-refractivity contribution in [2.75, 3.05) is 35.4 Å². The molecule has 1 aliphatic heterocycles. The van der Waals surface area contributed by atoms with Gasteiger partial charge in [-0.05, 0) is 56.3 Å². The molecule has 1 aromatic heterocycles. The Balaban J connectivity index is 1.45. The van der Waals surface area contributed by atoms with Crippen molar-refractivity contribution in [2.24, 2.45) is 0 Å². The van der Waals surface area contributed by atoms with Crippen molar-refractivity contribution in [3.8, 4) is 11.5 Å². The van der Waals surface area contributed by atoms with Crippen molar-refractivity contribution < 1.29 is 9.47 Å². The van der Waals surface area contributed by atoms with Crippen molar-refractivity contribution in [2.45, 2.75) is 13.8 Å². The Morgan fingerprint density at radius 2 is 1.64 bits per heavy atom. The summed E-state index contributed by atoms with van der Waals surface area (Å²) in [5.41, 5.74) is 3.03. The minimum Gasteiger partial charge on any atom is -0.454 e. The van der Waals surface area contributed by atoms with Crippen LogP contribution in [0, 0.1) is 0 Å². The Kier molecular flexibility index (Phi) is 5.14. The van der Waals surface area contributed by atoms with Crippen LogP contribution in [0.1, 0.15) is 13.8 Å². The lowest BCUT2D eigenvalue weighted by atomic mass is 10.2. The van der Waals surface area contributed by atoms with Gasteiger partial charge in [0.2, 0.25) is 12.7 Å². The van der Waals surface area contributed by atoms with E-state index in [1.807, 2.05) is 24.3 Å². The summed E-state index contributed by atoms with van der Waals surface area (Å²) in [5.74, 6) is 2.68. The SMILES string of the molecule is CCN(CC)c1ccc(Nc2ccnc(Nc3ccc4c(c3)OCO4)n2)cc1. The third-order valence-electron chi connectivity index (χ3n) is 4.55. The Hall–Kier alpha value is -3.48. The van der Waals surface area contributed by atoms with Crippen LogP contribution in [-0.4, -0.2) is 29.9 Å². The second-order valence-corrected chi connectivity index (χ2v) is 6.30. The van der Waals surface area contributed by atoms with Gasteiger partial charge in [0.25, 0.3) is 0 Å². The Morgan fingerprint density at radius 1 is 0.893 bits per heavy atom. The maximum atomic E-state index is 5.40. The molecule has 28 heavy (non-hydrogen) atoms. The molecule has 144 valence electrons. The van der Waals surface area contributed by atoms with Crippen LogP contribution in [0.2, 0.25) is 0 Å². The zero-order valence-electron chi connectivity index (χ0n) is 16.0. The molecule has 1 aliphatic rings. The number of ether oxygens (including phenoxy) is 2. The van der Waals surface area contributed by atoms with Crippen LogP contribution in [0.4, 0.5) is 28.8 Å². The molecular weight excluding hydrogens is 354 g/mol. The number of nitrogens with one attached hydrogen (secondary N) is 2. The molecule has 0 saturated heterocycles. The maximum Gasteiger partial charge on any atom is 0.231 e. The summed E-state index contributed by atoms with van der Waals surface area (Å²) in [7, 11) is 0. The Morgan fingerprint density at radius 3 is 2.43 bits per heavy atom. The highest BCUT2D eigenvalue weighted by Crippen LogP contribution is 2.34. The normalized spacial score (nSPS) is 11.9. The third-order valence-corrected chi connectivity index (χ3v) is 4.55. The second kappa shape index (κ2) is 8.04. The molecule has 4 rings (SSSR count). The maximum absolute atomic E-state index is 5.40. The molecule has 2 N–H and O–H groups in total. The smallest absolute Gasteiger partial charge is 0.231 e. The van der Waals surface area contributed by atoms with E-state index in [0.29, 0.717) is 17.5 Å². The molecule has 0 atom stereocenters. The minimum atomic E-state index is 0.252. The summed E-state index contributed by atoms with van der Waals surface area (Å²) in [4.78, 5) is 11.1. The van der Waals surface area contributed by atoms with E-state index in [1.54, 1.807) is 6.20 Å². The highest BCUT2D eigenvalue weighted by molar-refractivity contribution is 5.63. The second-order valence-electron chi connectivity index (χ2n) is 6.30. The molecule has 0 spiro atoms. The van der Waals surface area contributed by atoms with E-state index in [2.05, 4.69) is 63.6 Å². The molecule has 0 unspecified atom stereocenters. The Bertz CT molecular complexity index is 942. The summed E-state index contributed by atoms with van der Waals surface area (Å²) in [6.07, 6.45) is 1.72. The first-order valence-corrected chi connectivity index (χ1v) is 9.37. The van der Waals surface area contributed by atoms with Crippen molar-refractivity contribution in [3.63, 3.8) is 0 Å². The van der Waals surface area contributed by atoms with Crippen molar-refractivity contribution >= 4 is 28.8 Å². The largest absolute Gasteiger partial charge is 0.454 e. The highest BCUT2D eigenvalue weighted by Gasteiger charge is 2.13. The number of rotatable bonds is 7. The van der Waals surface area contributed by atoms with Crippen LogP contribution in [0.15, 0.2) is 54.7 Å². The van der Waals surface area contributed by atoms with Gasteiger partial charge in [-0.2, -0.15) is 4.98 Å². The van der Waals surface area contributed by atoms with Crippen LogP contribution < -0.4 is 25.0 Å². The van der Waals surface area contributed by atoms with Crippen LogP contribution in [0.3, 0.4) is 0 Å². The van der Waals surface area contributed by atoms with Gasteiger partial charge in [-0.3, -0.25) is 0 Å². The average molecular weight is 377 g/mol. The van der Waals surface area contributed by atoms with E-state index in [0.717, 1.165) is 30.2 Å². The van der Waals surface area contributed by atoms with Gasteiger partial charge in [-0.1, -0.05) is 0 Å². The van der Waals surface area contributed by atoms with Crippen molar-refractivity contribution in [3.05, 3.63) is 54.7 Å². The fraction of sp³-hybridized carbons (Fsp3) is 0.238. The van der Waals surface area contributed by atoms with Gasteiger partial charge in [0.15, 0.2) is 11.5 Å². The van der Waals surface area contributed by atoms with Gasteiger partial charge in [0.05, 0.1) is 0 Å². The van der Waals surface area contributed by atoms with Gasteiger partial charge >= 0.3 is 0 Å². The molecule has 0 saturated carbocycles. The van der Waals surface area contributed by atoms with Crippen molar-refractivity contribution in [1.29, 1.82) is 0 Å². The minimum absolute atomic E-state index is 0.252. The summed E-state index contributed by atoms with van der Waals surface area (Å²) in [5, 5.41) is 6.51. The van der Waals surface area contributed by atoms with Crippen LogP contribution in [0.25, 0.3) is 0 Å². The summed E-state index contributed by atoms with van der Waals surface area (Å²) < 4.78 is 10.7. The van der Waals surface area contributed by atoms with Gasteiger partial charge in [-0.15, -0.1) is 0 Å². The first-order chi connectivity index (χ1) is 13.7. The molecule has 2 heterocycles. The Labute approximate surface area is 164 Å². The first kappa shape index (κ1) is 17.9. The number of anilines is 5. The van der Waals surface area contributed by atoms with Gasteiger partial charge in [0, 0.05) is 42.4 Å².